The Morgan fingerprint density at radius 1 is 1.29 bits per heavy atom. The number of fused-ring (bicyclic) bond motifs is 3. The first kappa shape index (κ1) is 11.0. The SMILES string of the molecule is CCCC1=Nc2c(N)nc3ccccc3c2[I-]1. The summed E-state index contributed by atoms with van der Waals surface area (Å²) in [5.74, 6) is 0.588. The number of nitrogen functional groups attached to an aromatic ring is 1. The van der Waals surface area contributed by atoms with Crippen LogP contribution < -0.4 is 26.9 Å². The number of nitrogens with two attached hydrogens (primary N) is 1. The van der Waals surface area contributed by atoms with E-state index in [2.05, 4.69) is 29.0 Å². The topological polar surface area (TPSA) is 51.3 Å². The van der Waals surface area contributed by atoms with E-state index in [1.54, 1.807) is 0 Å². The maximum absolute atomic E-state index is 6.00. The fraction of sp³-hybridized carbons (Fsp3) is 0.231. The summed E-state index contributed by atoms with van der Waals surface area (Å²) in [4.78, 5) is 9.10. The molecule has 0 aliphatic carbocycles. The number of nitrogens with zero attached hydrogens (tertiary/aromatic N) is 2. The van der Waals surface area contributed by atoms with Crippen LogP contribution in [0.3, 0.4) is 0 Å². The predicted octanol–water partition coefficient (Wildman–Crippen LogP) is -0.0807. The van der Waals surface area contributed by atoms with Crippen molar-refractivity contribution in [2.45, 2.75) is 19.8 Å². The Balaban J connectivity index is 2.19. The molecule has 1 aliphatic heterocycles. The molecule has 0 atom stereocenters. The fourth-order valence-corrected chi connectivity index (χ4v) is 5.13. The summed E-state index contributed by atoms with van der Waals surface area (Å²) in [6.07, 6.45) is 2.24. The molecular formula is C13H13IN3-. The first-order chi connectivity index (χ1) is 8.29. The van der Waals surface area contributed by atoms with Gasteiger partial charge in [0.05, 0.1) is 0 Å². The van der Waals surface area contributed by atoms with Crippen molar-refractivity contribution in [1.29, 1.82) is 0 Å². The van der Waals surface area contributed by atoms with Gasteiger partial charge in [0.25, 0.3) is 0 Å². The van der Waals surface area contributed by atoms with E-state index in [4.69, 9.17) is 5.73 Å². The molecule has 0 spiro atoms. The van der Waals surface area contributed by atoms with Crippen molar-refractivity contribution < 1.29 is 21.2 Å². The first-order valence-corrected chi connectivity index (χ1v) is 7.86. The molecule has 0 amide bonds. The van der Waals surface area contributed by atoms with Crippen LogP contribution >= 0.6 is 0 Å². The normalized spacial score (nSPS) is 14.3. The van der Waals surface area contributed by atoms with Gasteiger partial charge in [-0.2, -0.15) is 0 Å². The summed E-state index contributed by atoms with van der Waals surface area (Å²) in [6.45, 7) is 2.19. The molecule has 2 aromatic rings. The van der Waals surface area contributed by atoms with E-state index in [1.807, 2.05) is 12.1 Å². The van der Waals surface area contributed by atoms with Gasteiger partial charge in [-0.3, -0.25) is 0 Å². The summed E-state index contributed by atoms with van der Waals surface area (Å²) in [5.41, 5.74) is 7.94. The summed E-state index contributed by atoms with van der Waals surface area (Å²) >= 11 is -0.139. The summed E-state index contributed by atoms with van der Waals surface area (Å²) < 4.78 is 2.70. The molecule has 4 heteroatoms. The number of aromatic nitrogens is 1. The molecule has 0 fully saturated rings. The van der Waals surface area contributed by atoms with Crippen molar-refractivity contribution in [2.24, 2.45) is 4.99 Å². The van der Waals surface area contributed by atoms with Crippen molar-refractivity contribution in [3.05, 3.63) is 27.8 Å². The Bertz CT molecular complexity index is 619. The summed E-state index contributed by atoms with van der Waals surface area (Å²) in [6, 6.07) is 8.21. The Morgan fingerprint density at radius 2 is 2.12 bits per heavy atom. The quantitative estimate of drug-likeness (QED) is 0.779. The number of benzene rings is 1. The average Bonchev–Trinajstić information content (AvgIpc) is 2.74. The van der Waals surface area contributed by atoms with Crippen molar-refractivity contribution in [2.75, 3.05) is 5.73 Å². The molecule has 0 bridgehead atoms. The molecule has 2 N–H and O–H groups in total. The van der Waals surface area contributed by atoms with Gasteiger partial charge in [-0.25, -0.2) is 0 Å². The van der Waals surface area contributed by atoms with Crippen LogP contribution in [0.2, 0.25) is 0 Å². The summed E-state index contributed by atoms with van der Waals surface area (Å²) in [5, 5.41) is 1.24. The third-order valence-electron chi connectivity index (χ3n) is 2.72. The number of anilines is 1. The Morgan fingerprint density at radius 3 is 2.94 bits per heavy atom. The van der Waals surface area contributed by atoms with Gasteiger partial charge in [0.1, 0.15) is 0 Å². The van der Waals surface area contributed by atoms with E-state index in [-0.39, 0.29) is 21.2 Å². The Hall–Kier alpha value is -1.17. The molecule has 17 heavy (non-hydrogen) atoms. The van der Waals surface area contributed by atoms with E-state index in [0.717, 1.165) is 24.0 Å². The molecule has 1 aromatic carbocycles. The number of para-hydroxylation sites is 1. The van der Waals surface area contributed by atoms with E-state index < -0.39 is 0 Å². The van der Waals surface area contributed by atoms with Crippen LogP contribution in [-0.4, -0.2) is 8.70 Å². The van der Waals surface area contributed by atoms with Crippen molar-refractivity contribution in [3.63, 3.8) is 0 Å². The maximum atomic E-state index is 6.00. The van der Waals surface area contributed by atoms with Crippen molar-refractivity contribution >= 4 is 26.1 Å². The number of pyridine rings is 1. The van der Waals surface area contributed by atoms with Gasteiger partial charge in [-0.1, -0.05) is 0 Å². The molecule has 0 saturated carbocycles. The number of rotatable bonds is 2. The van der Waals surface area contributed by atoms with E-state index in [0.29, 0.717) is 5.82 Å². The minimum atomic E-state index is -0.139. The molecule has 1 aromatic heterocycles. The van der Waals surface area contributed by atoms with Crippen molar-refractivity contribution in [1.82, 2.24) is 4.98 Å². The zero-order valence-corrected chi connectivity index (χ0v) is 11.7. The molecule has 0 radical (unpaired) electrons. The molecule has 0 saturated heterocycles. The Labute approximate surface area is 110 Å². The van der Waals surface area contributed by atoms with E-state index >= 15 is 0 Å². The van der Waals surface area contributed by atoms with Gasteiger partial charge in [-0.05, 0) is 0 Å². The van der Waals surface area contributed by atoms with E-state index in [1.165, 1.54) is 12.7 Å². The van der Waals surface area contributed by atoms with Crippen LogP contribution in [0.25, 0.3) is 10.9 Å². The second kappa shape index (κ2) is 4.25. The van der Waals surface area contributed by atoms with Crippen LogP contribution in [0.1, 0.15) is 19.8 Å². The third-order valence-corrected chi connectivity index (χ3v) is 5.76. The second-order valence-corrected chi connectivity index (χ2v) is 6.87. The zero-order valence-electron chi connectivity index (χ0n) is 9.57. The molecule has 2 heterocycles. The van der Waals surface area contributed by atoms with Gasteiger partial charge in [-0.15, -0.1) is 0 Å². The molecule has 88 valence electrons. The molecular weight excluding hydrogens is 325 g/mol. The monoisotopic (exact) mass is 338 g/mol. The zero-order chi connectivity index (χ0) is 11.8. The first-order valence-electron chi connectivity index (χ1n) is 5.70. The summed E-state index contributed by atoms with van der Waals surface area (Å²) in [7, 11) is 0. The number of aliphatic imine (C=N–C) groups is 1. The number of halogens is 1. The van der Waals surface area contributed by atoms with E-state index in [9.17, 15) is 0 Å². The standard InChI is InChI=1S/C13H13IN3/c1-2-5-10-14-11-8-6-3-4-7-9(8)16-13(15)12(11)17-10/h3-4,6-7H,2,5H2,1H3,(H2,15,16)/q-1. The van der Waals surface area contributed by atoms with Crippen LogP contribution in [0.15, 0.2) is 29.3 Å². The van der Waals surface area contributed by atoms with Gasteiger partial charge in [0.2, 0.25) is 0 Å². The van der Waals surface area contributed by atoms with Gasteiger partial charge in [0.15, 0.2) is 0 Å². The van der Waals surface area contributed by atoms with Gasteiger partial charge < -0.3 is 0 Å². The fourth-order valence-electron chi connectivity index (χ4n) is 1.94. The minimum absolute atomic E-state index is 0.139. The van der Waals surface area contributed by atoms with Gasteiger partial charge >= 0.3 is 111 Å². The van der Waals surface area contributed by atoms with Crippen LogP contribution in [-0.2, 0) is 0 Å². The van der Waals surface area contributed by atoms with Crippen molar-refractivity contribution in [3.8, 4) is 0 Å². The predicted molar refractivity (Wildman–Crippen MR) is 66.9 cm³/mol. The molecule has 0 unspecified atom stereocenters. The second-order valence-electron chi connectivity index (χ2n) is 4.01. The average molecular weight is 338 g/mol. The third kappa shape index (κ3) is 1.80. The number of hydrogen-bond donors (Lipinski definition) is 1. The number of hydrogen-bond acceptors (Lipinski definition) is 3. The van der Waals surface area contributed by atoms with Crippen LogP contribution in [0.4, 0.5) is 11.5 Å². The van der Waals surface area contributed by atoms with Gasteiger partial charge in [0, 0.05) is 0 Å². The molecule has 3 nitrogen and oxygen atoms in total. The molecule has 3 rings (SSSR count). The van der Waals surface area contributed by atoms with Crippen LogP contribution in [0.5, 0.6) is 0 Å². The Kier molecular flexibility index (Phi) is 2.74. The molecule has 1 aliphatic rings. The van der Waals surface area contributed by atoms with Crippen LogP contribution in [0, 0.1) is 3.57 Å².